The molecule has 0 radical (unpaired) electrons. The number of aromatic nitrogens is 3. The van der Waals surface area contributed by atoms with E-state index in [4.69, 9.17) is 9.47 Å². The Kier molecular flexibility index (Phi) is 4.35. The van der Waals surface area contributed by atoms with E-state index < -0.39 is 0 Å². The average molecular weight is 408 g/mol. The summed E-state index contributed by atoms with van der Waals surface area (Å²) in [6.45, 7) is 0. The monoisotopic (exact) mass is 408 g/mol. The van der Waals surface area contributed by atoms with E-state index in [1.807, 2.05) is 24.3 Å². The quantitative estimate of drug-likeness (QED) is 0.708. The second-order valence-corrected chi connectivity index (χ2v) is 8.09. The zero-order chi connectivity index (χ0) is 20.0. The highest BCUT2D eigenvalue weighted by molar-refractivity contribution is 7.10. The van der Waals surface area contributed by atoms with E-state index in [9.17, 15) is 4.79 Å². The molecular formula is C21H20N4O3S. The van der Waals surface area contributed by atoms with Gasteiger partial charge in [-0.3, -0.25) is 4.79 Å². The fourth-order valence-electron chi connectivity index (χ4n) is 4.21. The summed E-state index contributed by atoms with van der Waals surface area (Å²) in [5.41, 5.74) is 2.59. The second kappa shape index (κ2) is 7.04. The Morgan fingerprint density at radius 1 is 1.17 bits per heavy atom. The number of nitrogens with one attached hydrogen (secondary N) is 1. The number of ether oxygens (including phenoxy) is 2. The Bertz CT molecular complexity index is 1100. The van der Waals surface area contributed by atoms with Crippen LogP contribution in [-0.2, 0) is 4.79 Å². The van der Waals surface area contributed by atoms with Gasteiger partial charge in [0.2, 0.25) is 5.95 Å². The molecule has 5 rings (SSSR count). The van der Waals surface area contributed by atoms with Gasteiger partial charge in [-0.15, -0.1) is 11.3 Å². The van der Waals surface area contributed by atoms with Crippen molar-refractivity contribution in [1.29, 1.82) is 0 Å². The van der Waals surface area contributed by atoms with Crippen LogP contribution in [0.3, 0.4) is 0 Å². The number of allylic oxidation sites excluding steroid dienone is 2. The third-order valence-corrected chi connectivity index (χ3v) is 6.57. The molecule has 8 heteroatoms. The molecule has 0 saturated carbocycles. The van der Waals surface area contributed by atoms with Crippen molar-refractivity contribution in [3.63, 3.8) is 0 Å². The minimum atomic E-state index is -0.347. The van der Waals surface area contributed by atoms with Crippen LogP contribution in [0.5, 0.6) is 11.5 Å². The van der Waals surface area contributed by atoms with Crippen LogP contribution in [0.15, 0.2) is 53.3 Å². The van der Waals surface area contributed by atoms with Crippen LogP contribution in [0.1, 0.15) is 35.2 Å². The van der Waals surface area contributed by atoms with Crippen molar-refractivity contribution < 1.29 is 14.3 Å². The molecule has 29 heavy (non-hydrogen) atoms. The molecule has 0 spiro atoms. The van der Waals surface area contributed by atoms with Gasteiger partial charge < -0.3 is 14.8 Å². The molecule has 0 saturated heterocycles. The predicted octanol–water partition coefficient (Wildman–Crippen LogP) is 3.77. The first kappa shape index (κ1) is 17.9. The van der Waals surface area contributed by atoms with Crippen molar-refractivity contribution in [2.75, 3.05) is 19.5 Å². The molecular weight excluding hydrogens is 388 g/mol. The third kappa shape index (κ3) is 2.91. The minimum absolute atomic E-state index is 0.137. The first-order chi connectivity index (χ1) is 14.2. The summed E-state index contributed by atoms with van der Waals surface area (Å²) in [5, 5.41) is 9.80. The zero-order valence-corrected chi connectivity index (χ0v) is 16.9. The molecule has 2 atom stereocenters. The van der Waals surface area contributed by atoms with Crippen molar-refractivity contribution in [2.24, 2.45) is 0 Å². The van der Waals surface area contributed by atoms with Crippen LogP contribution in [0.2, 0.25) is 0 Å². The van der Waals surface area contributed by atoms with Gasteiger partial charge in [-0.2, -0.15) is 10.1 Å². The summed E-state index contributed by atoms with van der Waals surface area (Å²) >= 11 is 1.70. The average Bonchev–Trinajstić information content (AvgIpc) is 3.43. The Balaban J connectivity index is 1.62. The van der Waals surface area contributed by atoms with E-state index in [2.05, 4.69) is 26.8 Å². The maximum absolute atomic E-state index is 13.3. The Labute approximate surface area is 172 Å². The number of hydrogen-bond acceptors (Lipinski definition) is 7. The molecule has 2 aliphatic rings. The Morgan fingerprint density at radius 2 is 2.03 bits per heavy atom. The van der Waals surface area contributed by atoms with Crippen molar-refractivity contribution in [3.05, 3.63) is 63.7 Å². The Hall–Kier alpha value is -3.13. The molecule has 1 aromatic carbocycles. The molecule has 7 nitrogen and oxygen atoms in total. The number of fused-ring (bicyclic) bond motifs is 1. The molecule has 3 heterocycles. The van der Waals surface area contributed by atoms with Crippen molar-refractivity contribution in [1.82, 2.24) is 14.8 Å². The number of anilines is 1. The van der Waals surface area contributed by atoms with Crippen LogP contribution in [0, 0.1) is 0 Å². The molecule has 0 bridgehead atoms. The fourth-order valence-corrected chi connectivity index (χ4v) is 5.04. The lowest BCUT2D eigenvalue weighted by molar-refractivity contribution is -0.116. The van der Waals surface area contributed by atoms with Crippen LogP contribution in [0.4, 0.5) is 5.95 Å². The fraction of sp³-hybridized carbons (Fsp3) is 0.286. The highest BCUT2D eigenvalue weighted by Gasteiger charge is 2.39. The van der Waals surface area contributed by atoms with E-state index >= 15 is 0 Å². The van der Waals surface area contributed by atoms with Gasteiger partial charge in [-0.25, -0.2) is 4.68 Å². The second-order valence-electron chi connectivity index (χ2n) is 7.11. The van der Waals surface area contributed by atoms with Crippen LogP contribution < -0.4 is 14.8 Å². The molecule has 1 aliphatic carbocycles. The van der Waals surface area contributed by atoms with Gasteiger partial charge >= 0.3 is 0 Å². The number of thiophene rings is 1. The first-order valence-electron chi connectivity index (χ1n) is 9.37. The third-order valence-electron chi connectivity index (χ3n) is 5.53. The summed E-state index contributed by atoms with van der Waals surface area (Å²) in [7, 11) is 3.21. The highest BCUT2D eigenvalue weighted by Crippen LogP contribution is 2.45. The number of carbonyl (C=O) groups excluding carboxylic acids is 1. The lowest BCUT2D eigenvalue weighted by Crippen LogP contribution is -2.33. The maximum Gasteiger partial charge on any atom is 0.226 e. The summed E-state index contributed by atoms with van der Waals surface area (Å²) < 4.78 is 12.6. The summed E-state index contributed by atoms with van der Waals surface area (Å²) in [6.07, 6.45) is 2.78. The van der Waals surface area contributed by atoms with E-state index in [1.165, 1.54) is 11.2 Å². The van der Waals surface area contributed by atoms with Gasteiger partial charge in [0.1, 0.15) is 12.4 Å². The predicted molar refractivity (Wildman–Crippen MR) is 110 cm³/mol. The summed E-state index contributed by atoms with van der Waals surface area (Å²) in [4.78, 5) is 18.9. The zero-order valence-electron chi connectivity index (χ0n) is 16.1. The number of ketones is 1. The van der Waals surface area contributed by atoms with Gasteiger partial charge in [-0.1, -0.05) is 12.1 Å². The molecule has 1 N–H and O–H groups in total. The summed E-state index contributed by atoms with van der Waals surface area (Å²) in [5.74, 6) is 2.23. The van der Waals surface area contributed by atoms with Crippen molar-refractivity contribution in [3.8, 4) is 11.5 Å². The van der Waals surface area contributed by atoms with E-state index in [0.717, 1.165) is 23.3 Å². The molecule has 1 aliphatic heterocycles. The van der Waals surface area contributed by atoms with Crippen LogP contribution in [-0.4, -0.2) is 34.8 Å². The summed E-state index contributed by atoms with van der Waals surface area (Å²) in [6, 6.07) is 9.50. The topological polar surface area (TPSA) is 78.3 Å². The van der Waals surface area contributed by atoms with Crippen LogP contribution >= 0.6 is 11.3 Å². The normalized spacial score (nSPS) is 20.7. The number of rotatable bonds is 4. The number of nitrogens with zero attached hydrogens (tertiary/aromatic N) is 3. The number of hydrogen-bond donors (Lipinski definition) is 1. The van der Waals surface area contributed by atoms with Gasteiger partial charge in [0.15, 0.2) is 17.3 Å². The van der Waals surface area contributed by atoms with Gasteiger partial charge in [0.05, 0.1) is 14.2 Å². The molecule has 0 amide bonds. The van der Waals surface area contributed by atoms with E-state index in [0.29, 0.717) is 23.9 Å². The van der Waals surface area contributed by atoms with E-state index in [-0.39, 0.29) is 17.7 Å². The van der Waals surface area contributed by atoms with Crippen LogP contribution in [0.25, 0.3) is 0 Å². The van der Waals surface area contributed by atoms with Gasteiger partial charge in [-0.05, 0) is 35.6 Å². The number of Topliss-reactive ketones (excluding diaryl/α,β-unsaturated/α-hetero) is 1. The Morgan fingerprint density at radius 3 is 2.79 bits per heavy atom. The highest BCUT2D eigenvalue weighted by atomic mass is 32.1. The standard InChI is InChI=1S/C21H20N4O3S/c1-27-16-6-5-12(10-17(16)28-2)20-19-14(24-21-22-11-23-25(20)21)8-13(9-15(19)26)18-4-3-7-29-18/h3-7,10-11,13,20H,8-9H2,1-2H3,(H,22,23,24)/t13-,20-/m1/s1. The van der Waals surface area contributed by atoms with Gasteiger partial charge in [0.25, 0.3) is 0 Å². The molecule has 2 aromatic heterocycles. The van der Waals surface area contributed by atoms with Crippen molar-refractivity contribution in [2.45, 2.75) is 24.8 Å². The maximum atomic E-state index is 13.3. The molecule has 0 unspecified atom stereocenters. The van der Waals surface area contributed by atoms with Gasteiger partial charge in [0, 0.05) is 28.5 Å². The number of benzene rings is 1. The smallest absolute Gasteiger partial charge is 0.226 e. The molecule has 3 aromatic rings. The number of methoxy groups -OCH3 is 2. The largest absolute Gasteiger partial charge is 0.493 e. The SMILES string of the molecule is COc1ccc([C@@H]2C3=C(C[C@@H](c4cccs4)CC3=O)Nc3ncnn32)cc1OC. The minimum Gasteiger partial charge on any atom is -0.493 e. The lowest BCUT2D eigenvalue weighted by atomic mass is 9.80. The molecule has 0 fully saturated rings. The number of carbonyl (C=O) groups is 1. The first-order valence-corrected chi connectivity index (χ1v) is 10.3. The lowest BCUT2D eigenvalue weighted by Gasteiger charge is -2.35. The van der Waals surface area contributed by atoms with Crippen molar-refractivity contribution >= 4 is 23.1 Å². The van der Waals surface area contributed by atoms with E-state index in [1.54, 1.807) is 30.2 Å². The molecule has 148 valence electrons.